The van der Waals surface area contributed by atoms with E-state index in [-0.39, 0.29) is 18.3 Å². The molecule has 0 aliphatic heterocycles. The molecule has 0 saturated carbocycles. The van der Waals surface area contributed by atoms with Crippen LogP contribution in [0.15, 0.2) is 59.8 Å². The molecule has 7 heteroatoms. The molecule has 0 amide bonds. The van der Waals surface area contributed by atoms with Gasteiger partial charge in [-0.25, -0.2) is 0 Å². The first-order chi connectivity index (χ1) is 13.2. The molecule has 2 aromatic carbocycles. The first-order valence-electron chi connectivity index (χ1n) is 8.65. The van der Waals surface area contributed by atoms with E-state index in [1.54, 1.807) is 6.92 Å². The maximum absolute atomic E-state index is 11.7. The Kier molecular flexibility index (Phi) is 6.49. The zero-order valence-electron chi connectivity index (χ0n) is 15.3. The van der Waals surface area contributed by atoms with Crippen LogP contribution in [0.4, 0.5) is 0 Å². The van der Waals surface area contributed by atoms with Gasteiger partial charge in [0.2, 0.25) is 0 Å². The summed E-state index contributed by atoms with van der Waals surface area (Å²) in [5.41, 5.74) is 1.97. The van der Waals surface area contributed by atoms with Gasteiger partial charge in [-0.15, -0.1) is 10.2 Å². The van der Waals surface area contributed by atoms with Gasteiger partial charge in [-0.1, -0.05) is 48.2 Å². The summed E-state index contributed by atoms with van der Waals surface area (Å²) in [5.74, 6) is 1.37. The third-order valence-electron chi connectivity index (χ3n) is 3.79. The molecule has 27 heavy (non-hydrogen) atoms. The third-order valence-corrected chi connectivity index (χ3v) is 4.69. The van der Waals surface area contributed by atoms with Crippen LogP contribution in [0.2, 0.25) is 0 Å². The van der Waals surface area contributed by atoms with Gasteiger partial charge in [-0.2, -0.15) is 0 Å². The van der Waals surface area contributed by atoms with Crippen LogP contribution in [0, 0.1) is 6.92 Å². The summed E-state index contributed by atoms with van der Waals surface area (Å²) in [6.45, 7) is 4.42. The third kappa shape index (κ3) is 4.89. The van der Waals surface area contributed by atoms with Crippen LogP contribution in [0.25, 0.3) is 5.69 Å². The minimum absolute atomic E-state index is 0.178. The molecule has 0 aliphatic rings. The van der Waals surface area contributed by atoms with Crippen LogP contribution < -0.4 is 4.74 Å². The van der Waals surface area contributed by atoms with E-state index >= 15 is 0 Å². The molecule has 0 fully saturated rings. The molecule has 0 spiro atoms. The van der Waals surface area contributed by atoms with Crippen LogP contribution in [-0.4, -0.2) is 33.1 Å². The smallest absolute Gasteiger partial charge is 0.316 e. The first kappa shape index (κ1) is 19.0. The maximum atomic E-state index is 11.7. The summed E-state index contributed by atoms with van der Waals surface area (Å²) in [4.78, 5) is 11.7. The van der Waals surface area contributed by atoms with Crippen molar-refractivity contribution in [3.05, 3.63) is 66.0 Å². The van der Waals surface area contributed by atoms with Crippen molar-refractivity contribution in [3.63, 3.8) is 0 Å². The van der Waals surface area contributed by atoms with Crippen LogP contribution in [0.1, 0.15) is 18.3 Å². The number of aryl methyl sites for hydroxylation is 1. The van der Waals surface area contributed by atoms with E-state index in [1.807, 2.05) is 66.1 Å². The number of ether oxygens (including phenoxy) is 2. The van der Waals surface area contributed by atoms with Crippen LogP contribution in [0.5, 0.6) is 5.75 Å². The first-order valence-corrected chi connectivity index (χ1v) is 9.64. The number of rotatable bonds is 8. The number of nitrogens with zero attached hydrogens (tertiary/aromatic N) is 3. The van der Waals surface area contributed by atoms with Gasteiger partial charge in [-0.05, 0) is 37.6 Å². The number of para-hydroxylation sites is 2. The fourth-order valence-electron chi connectivity index (χ4n) is 2.51. The highest BCUT2D eigenvalue weighted by Crippen LogP contribution is 2.24. The molecule has 0 atom stereocenters. The lowest BCUT2D eigenvalue weighted by Crippen LogP contribution is -2.09. The van der Waals surface area contributed by atoms with Crippen molar-refractivity contribution in [1.82, 2.24) is 14.8 Å². The van der Waals surface area contributed by atoms with Gasteiger partial charge in [0.25, 0.3) is 0 Å². The topological polar surface area (TPSA) is 66.2 Å². The average molecular weight is 383 g/mol. The summed E-state index contributed by atoms with van der Waals surface area (Å²) >= 11 is 1.29. The van der Waals surface area contributed by atoms with Gasteiger partial charge < -0.3 is 9.47 Å². The van der Waals surface area contributed by atoms with Crippen molar-refractivity contribution in [1.29, 1.82) is 0 Å². The standard InChI is InChI=1S/C20H21N3O3S/c1-3-25-19(24)14-27-20-22-21-18(23(20)16-10-5-4-6-11-16)13-26-17-12-8-7-9-15(17)2/h4-12H,3,13-14H2,1-2H3. The predicted molar refractivity (Wildman–Crippen MR) is 104 cm³/mol. The Morgan fingerprint density at radius 2 is 1.81 bits per heavy atom. The van der Waals surface area contributed by atoms with Gasteiger partial charge in [0.05, 0.1) is 12.4 Å². The van der Waals surface area contributed by atoms with Crippen molar-refractivity contribution in [2.75, 3.05) is 12.4 Å². The summed E-state index contributed by atoms with van der Waals surface area (Å²) in [6.07, 6.45) is 0. The largest absolute Gasteiger partial charge is 0.485 e. The lowest BCUT2D eigenvalue weighted by atomic mass is 10.2. The number of carbonyl (C=O) groups is 1. The number of benzene rings is 2. The lowest BCUT2D eigenvalue weighted by molar-refractivity contribution is -0.139. The Balaban J connectivity index is 1.83. The molecule has 6 nitrogen and oxygen atoms in total. The quantitative estimate of drug-likeness (QED) is 0.435. The van der Waals surface area contributed by atoms with E-state index in [0.717, 1.165) is 17.0 Å². The van der Waals surface area contributed by atoms with Crippen molar-refractivity contribution < 1.29 is 14.3 Å². The van der Waals surface area contributed by atoms with Crippen LogP contribution in [-0.2, 0) is 16.1 Å². The van der Waals surface area contributed by atoms with E-state index in [1.165, 1.54) is 11.8 Å². The number of esters is 1. The monoisotopic (exact) mass is 383 g/mol. The molecule has 140 valence electrons. The number of carbonyl (C=O) groups excluding carboxylic acids is 1. The van der Waals surface area contributed by atoms with E-state index in [2.05, 4.69) is 10.2 Å². The second-order valence-corrected chi connectivity index (χ2v) is 6.66. The van der Waals surface area contributed by atoms with Crippen molar-refractivity contribution in [2.24, 2.45) is 0 Å². The fraction of sp³-hybridized carbons (Fsp3) is 0.250. The zero-order valence-corrected chi connectivity index (χ0v) is 16.1. The van der Waals surface area contributed by atoms with Gasteiger partial charge in [0.15, 0.2) is 11.0 Å². The Morgan fingerprint density at radius 3 is 2.56 bits per heavy atom. The Morgan fingerprint density at radius 1 is 1.07 bits per heavy atom. The summed E-state index contributed by atoms with van der Waals surface area (Å²) in [6, 6.07) is 17.6. The Labute approximate surface area is 162 Å². The van der Waals surface area contributed by atoms with E-state index in [0.29, 0.717) is 17.6 Å². The maximum Gasteiger partial charge on any atom is 0.316 e. The Hall–Kier alpha value is -2.80. The molecule has 0 bridgehead atoms. The molecule has 1 aromatic heterocycles. The molecule has 0 N–H and O–H groups in total. The number of aromatic nitrogens is 3. The minimum Gasteiger partial charge on any atom is -0.485 e. The molecular weight excluding hydrogens is 362 g/mol. The molecular formula is C20H21N3O3S. The molecule has 3 rings (SSSR count). The van der Waals surface area contributed by atoms with Crippen molar-refractivity contribution in [2.45, 2.75) is 25.6 Å². The van der Waals surface area contributed by atoms with E-state index < -0.39 is 0 Å². The summed E-state index contributed by atoms with van der Waals surface area (Å²) in [7, 11) is 0. The SMILES string of the molecule is CCOC(=O)CSc1nnc(COc2ccccc2C)n1-c1ccccc1. The fourth-order valence-corrected chi connectivity index (χ4v) is 3.28. The number of thioether (sulfide) groups is 1. The lowest BCUT2D eigenvalue weighted by Gasteiger charge is -2.12. The minimum atomic E-state index is -0.275. The van der Waals surface area contributed by atoms with Gasteiger partial charge in [-0.3, -0.25) is 9.36 Å². The highest BCUT2D eigenvalue weighted by atomic mass is 32.2. The number of hydrogen-bond acceptors (Lipinski definition) is 6. The normalized spacial score (nSPS) is 10.6. The van der Waals surface area contributed by atoms with Crippen molar-refractivity contribution in [3.8, 4) is 11.4 Å². The molecule has 0 aliphatic carbocycles. The van der Waals surface area contributed by atoms with E-state index in [4.69, 9.17) is 9.47 Å². The highest BCUT2D eigenvalue weighted by Gasteiger charge is 2.17. The second kappa shape index (κ2) is 9.23. The second-order valence-electron chi connectivity index (χ2n) is 5.72. The van der Waals surface area contributed by atoms with Gasteiger partial charge in [0, 0.05) is 5.69 Å². The number of hydrogen-bond donors (Lipinski definition) is 0. The summed E-state index contributed by atoms with van der Waals surface area (Å²) in [5, 5.41) is 9.15. The van der Waals surface area contributed by atoms with Gasteiger partial charge in [0.1, 0.15) is 12.4 Å². The van der Waals surface area contributed by atoms with Crippen LogP contribution in [0.3, 0.4) is 0 Å². The van der Waals surface area contributed by atoms with Crippen molar-refractivity contribution >= 4 is 17.7 Å². The van der Waals surface area contributed by atoms with Crippen LogP contribution >= 0.6 is 11.8 Å². The molecule has 0 saturated heterocycles. The highest BCUT2D eigenvalue weighted by molar-refractivity contribution is 7.99. The molecule has 1 heterocycles. The molecule has 3 aromatic rings. The molecule has 0 unspecified atom stereocenters. The van der Waals surface area contributed by atoms with E-state index in [9.17, 15) is 4.79 Å². The van der Waals surface area contributed by atoms with Gasteiger partial charge >= 0.3 is 5.97 Å². The predicted octanol–water partition coefficient (Wildman–Crippen LogP) is 3.81. The average Bonchev–Trinajstić information content (AvgIpc) is 3.09. The zero-order chi connectivity index (χ0) is 19.1. The Bertz CT molecular complexity index is 896. The summed E-state index contributed by atoms with van der Waals surface area (Å²) < 4.78 is 12.8. The molecule has 0 radical (unpaired) electrons.